The van der Waals surface area contributed by atoms with Crippen LogP contribution in [0.2, 0.25) is 0 Å². The van der Waals surface area contributed by atoms with Gasteiger partial charge in [-0.05, 0) is 41.5 Å². The molecule has 0 bridgehead atoms. The number of carbonyl (C=O) groups is 3. The normalized spacial score (nSPS) is 20.4. The summed E-state index contributed by atoms with van der Waals surface area (Å²) in [5, 5.41) is 12.0. The minimum absolute atomic E-state index is 0.0116. The van der Waals surface area contributed by atoms with Gasteiger partial charge in [0.1, 0.15) is 6.61 Å². The summed E-state index contributed by atoms with van der Waals surface area (Å²) in [6.45, 7) is 0.933. The van der Waals surface area contributed by atoms with E-state index in [4.69, 9.17) is 9.84 Å². The average Bonchev–Trinajstić information content (AvgIpc) is 3.23. The number of nitrogens with zero attached hydrogens (tertiary/aromatic N) is 1. The first-order valence-electron chi connectivity index (χ1n) is 11.1. The van der Waals surface area contributed by atoms with E-state index in [1.807, 2.05) is 24.3 Å². The van der Waals surface area contributed by atoms with E-state index in [1.54, 1.807) is 4.90 Å². The van der Waals surface area contributed by atoms with Crippen molar-refractivity contribution in [3.63, 3.8) is 0 Å². The van der Waals surface area contributed by atoms with Crippen LogP contribution in [0.25, 0.3) is 11.1 Å². The van der Waals surface area contributed by atoms with Crippen LogP contribution in [0.4, 0.5) is 4.79 Å². The van der Waals surface area contributed by atoms with Crippen LogP contribution >= 0.6 is 0 Å². The Labute approximate surface area is 186 Å². The minimum atomic E-state index is -0.863. The van der Waals surface area contributed by atoms with Gasteiger partial charge in [0.2, 0.25) is 5.91 Å². The lowest BCUT2D eigenvalue weighted by Gasteiger charge is -2.22. The number of rotatable bonds is 6. The second-order valence-electron chi connectivity index (χ2n) is 9.07. The van der Waals surface area contributed by atoms with E-state index >= 15 is 0 Å². The molecule has 1 saturated heterocycles. The molecular weight excluding hydrogens is 408 g/mol. The lowest BCUT2D eigenvalue weighted by Crippen LogP contribution is -2.42. The third-order valence-electron chi connectivity index (χ3n) is 6.94. The Hall–Kier alpha value is -3.35. The molecule has 2 aromatic rings. The highest BCUT2D eigenvalue weighted by Gasteiger charge is 2.47. The molecule has 0 spiro atoms. The zero-order valence-corrected chi connectivity index (χ0v) is 17.8. The topological polar surface area (TPSA) is 95.9 Å². The summed E-state index contributed by atoms with van der Waals surface area (Å²) in [5.41, 5.74) is 4.08. The molecule has 1 atom stereocenters. The summed E-state index contributed by atoms with van der Waals surface area (Å²) in [6.07, 6.45) is 1.59. The van der Waals surface area contributed by atoms with Gasteiger partial charge in [-0.3, -0.25) is 9.59 Å². The van der Waals surface area contributed by atoms with E-state index in [2.05, 4.69) is 29.6 Å². The number of ether oxygens (including phenoxy) is 1. The van der Waals surface area contributed by atoms with Crippen molar-refractivity contribution in [2.45, 2.75) is 37.1 Å². The summed E-state index contributed by atoms with van der Waals surface area (Å²) in [5.74, 6) is -1.48. The number of alkyl carbamates (subject to hydrolysis) is 1. The van der Waals surface area contributed by atoms with Gasteiger partial charge in [-0.15, -0.1) is 0 Å². The fourth-order valence-electron chi connectivity index (χ4n) is 4.94. The Morgan fingerprint density at radius 3 is 2.22 bits per heavy atom. The Balaban J connectivity index is 1.18. The highest BCUT2D eigenvalue weighted by molar-refractivity contribution is 5.82. The number of fused-ring (bicyclic) bond motifs is 3. The van der Waals surface area contributed by atoms with Crippen molar-refractivity contribution in [3.8, 4) is 11.1 Å². The molecule has 1 aliphatic heterocycles. The highest BCUT2D eigenvalue weighted by atomic mass is 16.5. The summed E-state index contributed by atoms with van der Waals surface area (Å²) < 4.78 is 5.62. The summed E-state index contributed by atoms with van der Waals surface area (Å²) in [4.78, 5) is 38.0. The number of hydrogen-bond acceptors (Lipinski definition) is 4. The van der Waals surface area contributed by atoms with E-state index in [0.717, 1.165) is 24.0 Å². The monoisotopic (exact) mass is 434 g/mol. The molecule has 7 nitrogen and oxygen atoms in total. The lowest BCUT2D eigenvalue weighted by molar-refractivity contribution is -0.141. The number of hydrogen-bond donors (Lipinski definition) is 2. The molecule has 0 aromatic heterocycles. The summed E-state index contributed by atoms with van der Waals surface area (Å²) in [6, 6.07) is 16.3. The molecule has 1 unspecified atom stereocenters. The fraction of sp³-hybridized carbons (Fsp3) is 0.400. The zero-order valence-electron chi connectivity index (χ0n) is 17.8. The first kappa shape index (κ1) is 20.5. The minimum Gasteiger partial charge on any atom is -0.481 e. The molecule has 2 aliphatic carbocycles. The van der Waals surface area contributed by atoms with Crippen LogP contribution < -0.4 is 5.32 Å². The van der Waals surface area contributed by atoms with Crippen molar-refractivity contribution in [2.24, 2.45) is 5.92 Å². The number of amides is 2. The standard InChI is InChI=1S/C25H26N2O5/c28-22(27-12-9-16(14-27)23(29)30)13-25(10-11-25)26-24(31)32-15-21-19-7-3-1-5-17(19)18-6-2-4-8-20(18)21/h1-8,16,21H,9-15H2,(H,26,31)(H,29,30). The third kappa shape index (κ3) is 3.83. The Morgan fingerprint density at radius 1 is 1.03 bits per heavy atom. The number of likely N-dealkylation sites (tertiary alicyclic amines) is 1. The largest absolute Gasteiger partial charge is 0.481 e. The van der Waals surface area contributed by atoms with Crippen molar-refractivity contribution in [1.82, 2.24) is 10.2 Å². The molecule has 1 heterocycles. The molecule has 7 heteroatoms. The van der Waals surface area contributed by atoms with Crippen molar-refractivity contribution < 1.29 is 24.2 Å². The van der Waals surface area contributed by atoms with E-state index in [9.17, 15) is 14.4 Å². The van der Waals surface area contributed by atoms with Crippen LogP contribution in [0.15, 0.2) is 48.5 Å². The van der Waals surface area contributed by atoms with Crippen molar-refractivity contribution in [1.29, 1.82) is 0 Å². The molecule has 2 aromatic carbocycles. The molecule has 2 N–H and O–H groups in total. The fourth-order valence-corrected chi connectivity index (χ4v) is 4.94. The Kier molecular flexibility index (Phi) is 5.12. The predicted octanol–water partition coefficient (Wildman–Crippen LogP) is 3.38. The number of aliphatic carboxylic acids is 1. The van der Waals surface area contributed by atoms with E-state index in [-0.39, 0.29) is 31.4 Å². The van der Waals surface area contributed by atoms with Gasteiger partial charge >= 0.3 is 12.1 Å². The molecule has 3 aliphatic rings. The van der Waals surface area contributed by atoms with Gasteiger partial charge < -0.3 is 20.1 Å². The van der Waals surface area contributed by atoms with E-state index < -0.39 is 23.5 Å². The van der Waals surface area contributed by atoms with Crippen molar-refractivity contribution in [2.75, 3.05) is 19.7 Å². The number of carbonyl (C=O) groups excluding carboxylic acids is 2. The first-order chi connectivity index (χ1) is 15.5. The van der Waals surface area contributed by atoms with Gasteiger partial charge in [-0.2, -0.15) is 0 Å². The van der Waals surface area contributed by atoms with Crippen LogP contribution in [-0.4, -0.2) is 53.2 Å². The molecular formula is C25H26N2O5. The molecule has 2 fully saturated rings. The first-order valence-corrected chi connectivity index (χ1v) is 11.1. The van der Waals surface area contributed by atoms with Gasteiger partial charge in [0.25, 0.3) is 0 Å². The summed E-state index contributed by atoms with van der Waals surface area (Å²) >= 11 is 0. The third-order valence-corrected chi connectivity index (χ3v) is 6.94. The summed E-state index contributed by atoms with van der Waals surface area (Å²) in [7, 11) is 0. The molecule has 5 rings (SSSR count). The molecule has 166 valence electrons. The predicted molar refractivity (Wildman–Crippen MR) is 117 cm³/mol. The molecule has 1 saturated carbocycles. The number of carboxylic acid groups (broad SMARTS) is 1. The van der Waals surface area contributed by atoms with E-state index in [0.29, 0.717) is 13.0 Å². The van der Waals surface area contributed by atoms with Gasteiger partial charge in [0.05, 0.1) is 17.9 Å². The average molecular weight is 434 g/mol. The molecule has 2 amide bonds. The zero-order chi connectivity index (χ0) is 22.3. The van der Waals surface area contributed by atoms with Gasteiger partial charge in [-0.1, -0.05) is 48.5 Å². The second kappa shape index (κ2) is 7.97. The van der Waals surface area contributed by atoms with Crippen molar-refractivity contribution in [3.05, 3.63) is 59.7 Å². The second-order valence-corrected chi connectivity index (χ2v) is 9.07. The highest BCUT2D eigenvalue weighted by Crippen LogP contribution is 2.45. The molecule has 0 radical (unpaired) electrons. The Morgan fingerprint density at radius 2 is 1.66 bits per heavy atom. The lowest BCUT2D eigenvalue weighted by atomic mass is 9.98. The van der Waals surface area contributed by atoms with Crippen LogP contribution in [-0.2, 0) is 14.3 Å². The van der Waals surface area contributed by atoms with Crippen LogP contribution in [0.3, 0.4) is 0 Å². The molecule has 32 heavy (non-hydrogen) atoms. The van der Waals surface area contributed by atoms with Crippen LogP contribution in [0.5, 0.6) is 0 Å². The maximum absolute atomic E-state index is 12.6. The maximum atomic E-state index is 12.6. The quantitative estimate of drug-likeness (QED) is 0.727. The number of carboxylic acids is 1. The number of benzene rings is 2. The van der Waals surface area contributed by atoms with Crippen molar-refractivity contribution >= 4 is 18.0 Å². The van der Waals surface area contributed by atoms with Crippen LogP contribution in [0.1, 0.15) is 42.7 Å². The van der Waals surface area contributed by atoms with Gasteiger partial charge in [-0.25, -0.2) is 4.79 Å². The number of nitrogens with one attached hydrogen (secondary N) is 1. The van der Waals surface area contributed by atoms with Crippen LogP contribution in [0, 0.1) is 5.92 Å². The van der Waals surface area contributed by atoms with E-state index in [1.165, 1.54) is 11.1 Å². The van der Waals surface area contributed by atoms with Gasteiger partial charge in [0.15, 0.2) is 0 Å². The van der Waals surface area contributed by atoms with Gasteiger partial charge in [0, 0.05) is 19.0 Å². The maximum Gasteiger partial charge on any atom is 0.407 e. The smallest absolute Gasteiger partial charge is 0.407 e. The SMILES string of the molecule is O=C(NC1(CC(=O)N2CCC(C(=O)O)C2)CC1)OCC1c2ccccc2-c2ccccc21. The Bertz CT molecular complexity index is 1030.